The molecule has 0 unspecified atom stereocenters. The van der Waals surface area contributed by atoms with Crippen LogP contribution in [-0.2, 0) is 32.1 Å². The zero-order valence-corrected chi connectivity index (χ0v) is 19.8. The first-order valence-corrected chi connectivity index (χ1v) is 11.3. The molecular formula is C24H20ClFN4O6. The van der Waals surface area contributed by atoms with Crippen molar-refractivity contribution in [1.29, 1.82) is 0 Å². The maximum atomic E-state index is 14.2. The lowest BCUT2D eigenvalue weighted by Gasteiger charge is -2.37. The number of β-lactam (4-membered cyclic amide) rings is 1. The van der Waals surface area contributed by atoms with Crippen LogP contribution >= 0.6 is 11.6 Å². The summed E-state index contributed by atoms with van der Waals surface area (Å²) < 4.78 is 20.3. The highest BCUT2D eigenvalue weighted by Crippen LogP contribution is 2.26. The van der Waals surface area contributed by atoms with Gasteiger partial charge in [-0.25, -0.2) is 9.18 Å². The molecule has 10 nitrogen and oxygen atoms in total. The highest BCUT2D eigenvalue weighted by atomic mass is 35.5. The Bertz CT molecular complexity index is 1440. The molecule has 1 aliphatic heterocycles. The number of Topliss-reactive ketones (excluding diaryl/α,β-unsaturated/α-hetero) is 1. The van der Waals surface area contributed by atoms with Gasteiger partial charge in [-0.05, 0) is 36.8 Å². The largest absolute Gasteiger partial charge is 0.462 e. The van der Waals surface area contributed by atoms with Crippen molar-refractivity contribution in [3.05, 3.63) is 64.1 Å². The van der Waals surface area contributed by atoms with Gasteiger partial charge in [0.15, 0.2) is 11.5 Å². The van der Waals surface area contributed by atoms with E-state index in [4.69, 9.17) is 22.1 Å². The number of carbonyl (C=O) groups excluding carboxylic acids is 5. The number of ether oxygens (including phenoxy) is 1. The van der Waals surface area contributed by atoms with Crippen molar-refractivity contribution in [2.24, 2.45) is 5.73 Å². The molecule has 12 heteroatoms. The van der Waals surface area contributed by atoms with Crippen LogP contribution in [0.5, 0.6) is 0 Å². The number of esters is 1. The molecule has 0 spiro atoms. The minimum absolute atomic E-state index is 0.0563. The molecule has 1 saturated heterocycles. The van der Waals surface area contributed by atoms with E-state index in [1.54, 1.807) is 6.92 Å². The lowest BCUT2D eigenvalue weighted by Crippen LogP contribution is -2.60. The summed E-state index contributed by atoms with van der Waals surface area (Å²) in [5.41, 5.74) is 5.77. The van der Waals surface area contributed by atoms with Crippen molar-refractivity contribution in [3.8, 4) is 0 Å². The monoisotopic (exact) mass is 514 g/mol. The lowest BCUT2D eigenvalue weighted by molar-refractivity contribution is -0.162. The van der Waals surface area contributed by atoms with E-state index in [9.17, 15) is 28.4 Å². The average Bonchev–Trinajstić information content (AvgIpc) is 3.18. The third kappa shape index (κ3) is 4.57. The van der Waals surface area contributed by atoms with Crippen LogP contribution < -0.4 is 5.73 Å². The highest BCUT2D eigenvalue weighted by molar-refractivity contribution is 6.30. The van der Waals surface area contributed by atoms with Gasteiger partial charge in [-0.1, -0.05) is 23.7 Å². The number of likely N-dealkylation sites (tertiary alicyclic amines) is 1. The molecule has 2 N–H and O–H groups in total. The number of hydrogen-bond acceptors (Lipinski definition) is 7. The fourth-order valence-electron chi connectivity index (χ4n) is 4.01. The van der Waals surface area contributed by atoms with E-state index in [1.165, 1.54) is 36.4 Å². The van der Waals surface area contributed by atoms with Gasteiger partial charge in [0.2, 0.25) is 5.91 Å². The van der Waals surface area contributed by atoms with Crippen LogP contribution in [0.4, 0.5) is 4.39 Å². The second-order valence-electron chi connectivity index (χ2n) is 8.06. The van der Waals surface area contributed by atoms with Crippen LogP contribution in [0.2, 0.25) is 5.02 Å². The Balaban J connectivity index is 1.57. The molecule has 0 radical (unpaired) electrons. The molecule has 3 aromatic rings. The van der Waals surface area contributed by atoms with Gasteiger partial charge >= 0.3 is 5.97 Å². The Labute approximate surface area is 208 Å². The van der Waals surface area contributed by atoms with Gasteiger partial charge in [0.05, 0.1) is 29.1 Å². The van der Waals surface area contributed by atoms with Crippen molar-refractivity contribution in [2.45, 2.75) is 32.4 Å². The minimum atomic E-state index is -1.06. The third-order valence-electron chi connectivity index (χ3n) is 5.76. The summed E-state index contributed by atoms with van der Waals surface area (Å²) in [4.78, 5) is 62.8. The number of halogens is 2. The number of rotatable bonds is 8. The van der Waals surface area contributed by atoms with Crippen LogP contribution in [-0.4, -0.2) is 56.8 Å². The first-order chi connectivity index (χ1) is 17.1. The van der Waals surface area contributed by atoms with Gasteiger partial charge in [-0.2, -0.15) is 5.10 Å². The summed E-state index contributed by atoms with van der Waals surface area (Å²) >= 11 is 5.76. The van der Waals surface area contributed by atoms with Crippen LogP contribution in [0.15, 0.2) is 36.4 Å². The lowest BCUT2D eigenvalue weighted by atomic mass is 9.93. The van der Waals surface area contributed by atoms with Crippen LogP contribution in [0.3, 0.4) is 0 Å². The standard InChI is InChI=1S/C24H20ClFN4O6/c1-2-36-24(35)13-6-7-16-14(8-13)22(23(27)34)28-29(16)11-20(33)30-17(10-19(30)32)18(31)9-12-4-3-5-15(25)21(12)26/h3-8,17H,2,9-11H2,1H3,(H2,27,34)/t17-/m0/s1. The SMILES string of the molecule is CCOC(=O)c1ccc2c(c1)c(C(N)=O)nn2CC(=O)N1C(=O)C[C@H]1C(=O)Cc1cccc(Cl)c1F. The fourth-order valence-corrected chi connectivity index (χ4v) is 4.20. The Morgan fingerprint density at radius 3 is 2.64 bits per heavy atom. The Hall–Kier alpha value is -4.12. The number of fused-ring (bicyclic) bond motifs is 1. The molecule has 0 bridgehead atoms. The average molecular weight is 515 g/mol. The molecule has 1 fully saturated rings. The molecule has 0 saturated carbocycles. The normalized spacial score (nSPS) is 15.0. The first-order valence-electron chi connectivity index (χ1n) is 10.9. The van der Waals surface area contributed by atoms with E-state index in [0.29, 0.717) is 5.52 Å². The number of benzene rings is 2. The Kier molecular flexibility index (Phi) is 6.84. The third-order valence-corrected chi connectivity index (χ3v) is 6.06. The summed E-state index contributed by atoms with van der Waals surface area (Å²) in [6, 6.07) is 7.47. The van der Waals surface area contributed by atoms with Gasteiger partial charge in [0.1, 0.15) is 18.4 Å². The second kappa shape index (κ2) is 9.86. The van der Waals surface area contributed by atoms with Crippen LogP contribution in [0, 0.1) is 5.82 Å². The summed E-state index contributed by atoms with van der Waals surface area (Å²) in [6.07, 6.45) is -0.538. The second-order valence-corrected chi connectivity index (χ2v) is 8.46. The van der Waals surface area contributed by atoms with Crippen LogP contribution in [0.25, 0.3) is 10.9 Å². The number of carbonyl (C=O) groups is 5. The predicted molar refractivity (Wildman–Crippen MR) is 125 cm³/mol. The van der Waals surface area contributed by atoms with Crippen molar-refractivity contribution < 1.29 is 33.1 Å². The molecule has 2 heterocycles. The van der Waals surface area contributed by atoms with Crippen molar-refractivity contribution >= 4 is 52.0 Å². The molecule has 4 rings (SSSR count). The van der Waals surface area contributed by atoms with Gasteiger partial charge in [0, 0.05) is 11.8 Å². The van der Waals surface area contributed by atoms with Crippen LogP contribution in [0.1, 0.15) is 39.8 Å². The molecular weight excluding hydrogens is 495 g/mol. The van der Waals surface area contributed by atoms with E-state index in [-0.39, 0.29) is 46.7 Å². The topological polar surface area (TPSA) is 142 Å². The summed E-state index contributed by atoms with van der Waals surface area (Å²) in [7, 11) is 0. The quantitative estimate of drug-likeness (QED) is 0.358. The van der Waals surface area contributed by atoms with Gasteiger partial charge in [0.25, 0.3) is 11.8 Å². The van der Waals surface area contributed by atoms with Crippen molar-refractivity contribution in [2.75, 3.05) is 6.61 Å². The number of amides is 3. The molecule has 1 aliphatic rings. The van der Waals surface area contributed by atoms with E-state index >= 15 is 0 Å². The number of imide groups is 1. The highest BCUT2D eigenvalue weighted by Gasteiger charge is 2.45. The van der Waals surface area contributed by atoms with Crippen molar-refractivity contribution in [1.82, 2.24) is 14.7 Å². The molecule has 1 atom stereocenters. The predicted octanol–water partition coefficient (Wildman–Crippen LogP) is 2.04. The van der Waals surface area contributed by atoms with E-state index in [0.717, 1.165) is 9.58 Å². The first kappa shape index (κ1) is 25.0. The number of nitrogens with zero attached hydrogens (tertiary/aromatic N) is 3. The molecule has 1 aromatic heterocycles. The van der Waals surface area contributed by atoms with Gasteiger partial charge in [-0.15, -0.1) is 0 Å². The minimum Gasteiger partial charge on any atom is -0.462 e. The number of ketones is 1. The van der Waals surface area contributed by atoms with Gasteiger partial charge in [-0.3, -0.25) is 28.8 Å². The maximum absolute atomic E-state index is 14.2. The number of primary amides is 1. The summed E-state index contributed by atoms with van der Waals surface area (Å²) in [5, 5.41) is 4.17. The van der Waals surface area contributed by atoms with Crippen molar-refractivity contribution in [3.63, 3.8) is 0 Å². The fraction of sp³-hybridized carbons (Fsp3) is 0.250. The molecule has 36 heavy (non-hydrogen) atoms. The number of hydrogen-bond donors (Lipinski definition) is 1. The molecule has 3 amide bonds. The Morgan fingerprint density at radius 1 is 1.22 bits per heavy atom. The summed E-state index contributed by atoms with van der Waals surface area (Å²) in [6.45, 7) is 1.32. The molecule has 0 aliphatic carbocycles. The number of nitrogens with two attached hydrogens (primary N) is 1. The Morgan fingerprint density at radius 2 is 1.97 bits per heavy atom. The zero-order chi connectivity index (χ0) is 26.1. The van der Waals surface area contributed by atoms with E-state index in [2.05, 4.69) is 5.10 Å². The van der Waals surface area contributed by atoms with Gasteiger partial charge < -0.3 is 10.5 Å². The zero-order valence-electron chi connectivity index (χ0n) is 19.0. The molecule has 2 aromatic carbocycles. The molecule has 186 valence electrons. The van der Waals surface area contributed by atoms with E-state index in [1.807, 2.05) is 0 Å². The smallest absolute Gasteiger partial charge is 0.338 e. The maximum Gasteiger partial charge on any atom is 0.338 e. The number of aromatic nitrogens is 2. The van der Waals surface area contributed by atoms with E-state index < -0.39 is 47.9 Å². The summed E-state index contributed by atoms with van der Waals surface area (Å²) in [5.74, 6) is -4.06.